The number of imide groups is 1. The molecule has 2 aromatic rings. The Labute approximate surface area is 173 Å². The number of carbonyl (C=O) groups is 4. The van der Waals surface area contributed by atoms with Gasteiger partial charge in [-0.15, -0.1) is 0 Å². The standard InChI is InChI=1S/C23H22N2O5/c26-20(10-5-11-21(27)28)24-13-12-15-6-1-2-7-16(15)19(24)14-25-22(29)17-8-3-4-9-18(17)23(25)30/h1-4,6-9,19H,5,10-14H2,(H,27,28). The van der Waals surface area contributed by atoms with E-state index in [0.717, 1.165) is 11.1 Å². The maximum absolute atomic E-state index is 12.9. The Hall–Kier alpha value is -3.48. The van der Waals surface area contributed by atoms with Crippen molar-refractivity contribution in [2.24, 2.45) is 0 Å². The van der Waals surface area contributed by atoms with E-state index < -0.39 is 12.0 Å². The van der Waals surface area contributed by atoms with Gasteiger partial charge in [-0.2, -0.15) is 0 Å². The minimum atomic E-state index is -0.936. The number of rotatable bonds is 6. The number of aliphatic carboxylic acids is 1. The van der Waals surface area contributed by atoms with E-state index >= 15 is 0 Å². The Morgan fingerprint density at radius 3 is 2.23 bits per heavy atom. The Morgan fingerprint density at radius 2 is 1.57 bits per heavy atom. The third-order valence-corrected chi connectivity index (χ3v) is 5.75. The third kappa shape index (κ3) is 3.58. The van der Waals surface area contributed by atoms with Crippen LogP contribution in [0.1, 0.15) is 57.1 Å². The van der Waals surface area contributed by atoms with Crippen molar-refractivity contribution in [3.63, 3.8) is 0 Å². The number of carboxylic acids is 1. The molecule has 7 heteroatoms. The van der Waals surface area contributed by atoms with E-state index in [2.05, 4.69) is 0 Å². The largest absolute Gasteiger partial charge is 0.481 e. The molecule has 0 radical (unpaired) electrons. The molecule has 1 N–H and O–H groups in total. The van der Waals surface area contributed by atoms with Crippen LogP contribution in [0.2, 0.25) is 0 Å². The first-order valence-corrected chi connectivity index (χ1v) is 10.0. The van der Waals surface area contributed by atoms with Gasteiger partial charge in [-0.05, 0) is 36.1 Å². The molecule has 30 heavy (non-hydrogen) atoms. The molecule has 2 aliphatic rings. The maximum Gasteiger partial charge on any atom is 0.303 e. The molecular weight excluding hydrogens is 384 g/mol. The van der Waals surface area contributed by atoms with Crippen LogP contribution >= 0.6 is 0 Å². The van der Waals surface area contributed by atoms with Gasteiger partial charge < -0.3 is 10.0 Å². The van der Waals surface area contributed by atoms with Crippen molar-refractivity contribution in [1.29, 1.82) is 0 Å². The third-order valence-electron chi connectivity index (χ3n) is 5.75. The summed E-state index contributed by atoms with van der Waals surface area (Å²) in [6.07, 6.45) is 0.984. The van der Waals surface area contributed by atoms with E-state index in [1.807, 2.05) is 24.3 Å². The van der Waals surface area contributed by atoms with Crippen molar-refractivity contribution in [3.05, 3.63) is 70.8 Å². The van der Waals surface area contributed by atoms with Crippen molar-refractivity contribution >= 4 is 23.7 Å². The number of carbonyl (C=O) groups excluding carboxylic acids is 3. The molecule has 0 spiro atoms. The molecule has 2 aliphatic heterocycles. The predicted octanol–water partition coefficient (Wildman–Crippen LogP) is 2.66. The van der Waals surface area contributed by atoms with Crippen LogP contribution in [0, 0.1) is 0 Å². The first-order chi connectivity index (χ1) is 14.5. The Kier molecular flexibility index (Phi) is 5.35. The monoisotopic (exact) mass is 406 g/mol. The average Bonchev–Trinajstić information content (AvgIpc) is 2.98. The molecule has 0 saturated carbocycles. The lowest BCUT2D eigenvalue weighted by molar-refractivity contribution is -0.137. The second-order valence-electron chi connectivity index (χ2n) is 7.57. The molecule has 1 atom stereocenters. The van der Waals surface area contributed by atoms with E-state index in [4.69, 9.17) is 5.11 Å². The van der Waals surface area contributed by atoms with Gasteiger partial charge >= 0.3 is 5.97 Å². The van der Waals surface area contributed by atoms with Crippen LogP contribution in [0.3, 0.4) is 0 Å². The molecular formula is C23H22N2O5. The normalized spacial score (nSPS) is 17.7. The van der Waals surface area contributed by atoms with E-state index in [1.165, 1.54) is 4.90 Å². The van der Waals surface area contributed by atoms with Crippen molar-refractivity contribution in [2.75, 3.05) is 13.1 Å². The summed E-state index contributed by atoms with van der Waals surface area (Å²) < 4.78 is 0. The number of nitrogens with zero attached hydrogens (tertiary/aromatic N) is 2. The molecule has 0 saturated heterocycles. The fourth-order valence-corrected chi connectivity index (χ4v) is 4.26. The van der Waals surface area contributed by atoms with Gasteiger partial charge in [0.15, 0.2) is 0 Å². The summed E-state index contributed by atoms with van der Waals surface area (Å²) in [6.45, 7) is 0.546. The Balaban J connectivity index is 1.60. The van der Waals surface area contributed by atoms with Crippen LogP contribution in [0.25, 0.3) is 0 Å². The molecule has 2 heterocycles. The quantitative estimate of drug-likeness (QED) is 0.745. The highest BCUT2D eigenvalue weighted by Crippen LogP contribution is 2.33. The van der Waals surface area contributed by atoms with Crippen LogP contribution in [0.15, 0.2) is 48.5 Å². The molecule has 0 aromatic heterocycles. The topological polar surface area (TPSA) is 95.0 Å². The first-order valence-electron chi connectivity index (χ1n) is 10.0. The number of hydrogen-bond donors (Lipinski definition) is 1. The summed E-state index contributed by atoms with van der Waals surface area (Å²) in [5.41, 5.74) is 2.78. The summed E-state index contributed by atoms with van der Waals surface area (Å²) in [7, 11) is 0. The van der Waals surface area contributed by atoms with Crippen LogP contribution in [-0.2, 0) is 16.0 Å². The molecule has 2 aromatic carbocycles. The van der Waals surface area contributed by atoms with Crippen molar-refractivity contribution < 1.29 is 24.3 Å². The summed E-state index contributed by atoms with van der Waals surface area (Å²) in [5, 5.41) is 8.85. The van der Waals surface area contributed by atoms with E-state index in [1.54, 1.807) is 29.2 Å². The lowest BCUT2D eigenvalue weighted by Crippen LogP contribution is -2.46. The highest BCUT2D eigenvalue weighted by molar-refractivity contribution is 6.21. The van der Waals surface area contributed by atoms with E-state index in [-0.39, 0.29) is 43.5 Å². The van der Waals surface area contributed by atoms with Crippen LogP contribution in [0.4, 0.5) is 0 Å². The van der Waals surface area contributed by atoms with Gasteiger partial charge in [0.2, 0.25) is 5.91 Å². The summed E-state index contributed by atoms with van der Waals surface area (Å²) >= 11 is 0. The summed E-state index contributed by atoms with van der Waals surface area (Å²) in [6, 6.07) is 14.0. The summed E-state index contributed by atoms with van der Waals surface area (Å²) in [4.78, 5) is 52.3. The molecule has 4 rings (SSSR count). The molecule has 7 nitrogen and oxygen atoms in total. The number of carboxylic acid groups (broad SMARTS) is 1. The second kappa shape index (κ2) is 8.10. The zero-order chi connectivity index (χ0) is 21.3. The Morgan fingerprint density at radius 1 is 0.933 bits per heavy atom. The lowest BCUT2D eigenvalue weighted by atomic mass is 9.91. The molecule has 0 aliphatic carbocycles. The SMILES string of the molecule is O=C(O)CCCC(=O)N1CCc2ccccc2C1CN1C(=O)c2ccccc2C1=O. The number of hydrogen-bond acceptors (Lipinski definition) is 4. The van der Waals surface area contributed by atoms with Gasteiger partial charge in [0.1, 0.15) is 0 Å². The number of benzene rings is 2. The van der Waals surface area contributed by atoms with Crippen molar-refractivity contribution in [1.82, 2.24) is 9.80 Å². The first kappa shape index (κ1) is 19.8. The number of amides is 3. The predicted molar refractivity (Wildman–Crippen MR) is 108 cm³/mol. The van der Waals surface area contributed by atoms with Crippen molar-refractivity contribution in [2.45, 2.75) is 31.7 Å². The summed E-state index contributed by atoms with van der Waals surface area (Å²) in [5.74, 6) is -1.80. The van der Waals surface area contributed by atoms with Crippen LogP contribution in [0.5, 0.6) is 0 Å². The van der Waals surface area contributed by atoms with E-state index in [0.29, 0.717) is 24.1 Å². The Bertz CT molecular complexity index is 997. The number of fused-ring (bicyclic) bond motifs is 2. The van der Waals surface area contributed by atoms with Gasteiger partial charge in [0, 0.05) is 19.4 Å². The molecule has 0 bridgehead atoms. The average molecular weight is 406 g/mol. The van der Waals surface area contributed by atoms with Gasteiger partial charge in [-0.25, -0.2) is 0 Å². The lowest BCUT2D eigenvalue weighted by Gasteiger charge is -2.39. The van der Waals surface area contributed by atoms with Crippen LogP contribution in [-0.4, -0.2) is 51.7 Å². The fraction of sp³-hybridized carbons (Fsp3) is 0.304. The highest BCUT2D eigenvalue weighted by Gasteiger charge is 2.40. The van der Waals surface area contributed by atoms with Crippen molar-refractivity contribution in [3.8, 4) is 0 Å². The highest BCUT2D eigenvalue weighted by atomic mass is 16.4. The zero-order valence-electron chi connectivity index (χ0n) is 16.4. The van der Waals surface area contributed by atoms with E-state index in [9.17, 15) is 19.2 Å². The fourth-order valence-electron chi connectivity index (χ4n) is 4.26. The van der Waals surface area contributed by atoms with Gasteiger partial charge in [0.05, 0.1) is 23.7 Å². The second-order valence-corrected chi connectivity index (χ2v) is 7.57. The molecule has 1 unspecified atom stereocenters. The zero-order valence-corrected chi connectivity index (χ0v) is 16.4. The van der Waals surface area contributed by atoms with Crippen LogP contribution < -0.4 is 0 Å². The smallest absolute Gasteiger partial charge is 0.303 e. The van der Waals surface area contributed by atoms with Gasteiger partial charge in [-0.1, -0.05) is 36.4 Å². The molecule has 154 valence electrons. The minimum absolute atomic E-state index is 0.0702. The maximum atomic E-state index is 12.9. The molecule has 3 amide bonds. The molecule has 0 fully saturated rings. The minimum Gasteiger partial charge on any atom is -0.481 e. The van der Waals surface area contributed by atoms with Gasteiger partial charge in [0.25, 0.3) is 11.8 Å². The van der Waals surface area contributed by atoms with Gasteiger partial charge in [-0.3, -0.25) is 24.1 Å².